The first-order chi connectivity index (χ1) is 18.0. The third kappa shape index (κ3) is 6.43. The van der Waals surface area contributed by atoms with Gasteiger partial charge in [0.1, 0.15) is 11.4 Å². The summed E-state index contributed by atoms with van der Waals surface area (Å²) in [5, 5.41) is 1.02. The molecule has 0 bridgehead atoms. The van der Waals surface area contributed by atoms with Crippen molar-refractivity contribution in [2.24, 2.45) is 9.98 Å². The maximum absolute atomic E-state index is 14.3. The molecule has 7 nitrogen and oxygen atoms in total. The number of alkyl halides is 9. The van der Waals surface area contributed by atoms with Crippen molar-refractivity contribution in [2.75, 3.05) is 5.01 Å². The first-order valence-electron chi connectivity index (χ1n) is 11.2. The van der Waals surface area contributed by atoms with Gasteiger partial charge in [-0.05, 0) is 39.3 Å². The molecule has 1 aromatic carbocycles. The zero-order valence-corrected chi connectivity index (χ0v) is 22.4. The van der Waals surface area contributed by atoms with Crippen molar-refractivity contribution in [3.05, 3.63) is 39.1 Å². The monoisotopic (exact) mass is 627 g/mol. The van der Waals surface area contributed by atoms with E-state index in [2.05, 4.69) is 15.4 Å². The molecule has 2 N–H and O–H groups in total. The number of carbonyl (C=O) groups excluding carboxylic acids is 1. The van der Waals surface area contributed by atoms with Crippen LogP contribution in [-0.4, -0.2) is 41.3 Å². The molecule has 0 fully saturated rings. The Morgan fingerprint density at radius 1 is 1.00 bits per heavy atom. The number of amidine groups is 1. The molecule has 2 aliphatic heterocycles. The second-order valence-corrected chi connectivity index (χ2v) is 10.4. The highest BCUT2D eigenvalue weighted by Gasteiger charge is 2.58. The average molecular weight is 628 g/mol. The van der Waals surface area contributed by atoms with Gasteiger partial charge in [-0.25, -0.2) is 14.8 Å². The normalized spacial score (nSPS) is 20.3. The largest absolute Gasteiger partial charge is 0.451 e. The van der Waals surface area contributed by atoms with Gasteiger partial charge in [-0.3, -0.25) is 10.3 Å². The number of halogens is 11. The molecule has 0 aromatic heterocycles. The van der Waals surface area contributed by atoms with E-state index in [0.29, 0.717) is 17.1 Å². The molecule has 0 saturated heterocycles. The molecule has 40 heavy (non-hydrogen) atoms. The van der Waals surface area contributed by atoms with Crippen molar-refractivity contribution in [3.63, 3.8) is 0 Å². The van der Waals surface area contributed by atoms with Crippen molar-refractivity contribution < 1.29 is 49.0 Å². The predicted octanol–water partition coefficient (Wildman–Crippen LogP) is 7.55. The topological polar surface area (TPSA) is 78.3 Å². The van der Waals surface area contributed by atoms with Crippen LogP contribution in [-0.2, 0) is 10.9 Å². The summed E-state index contributed by atoms with van der Waals surface area (Å²) in [6.07, 6.45) is -17.8. The lowest BCUT2D eigenvalue weighted by atomic mass is 9.90. The standard InChI is InChI=1S/C22H20Cl2F9N5O2/c1-5-6-19-12(14(21(28,29)30)34-16(36-19)22(31,32)33)15(35-17(39)40-18(2,3)4)38(37-19)13-10(23)7-9(8-11(13)24)20(25,26)27/h7-8,37H,5-6H2,1-4H3,(H,35,39). The Labute approximate surface area is 231 Å². The molecule has 3 rings (SSSR count). The van der Waals surface area contributed by atoms with Gasteiger partial charge in [-0.1, -0.05) is 36.5 Å². The fourth-order valence-electron chi connectivity index (χ4n) is 3.92. The van der Waals surface area contributed by atoms with Crippen LogP contribution in [0.5, 0.6) is 0 Å². The number of ether oxygens (including phenoxy) is 1. The highest BCUT2D eigenvalue weighted by Crippen LogP contribution is 2.48. The average Bonchev–Trinajstić information content (AvgIpc) is 3.03. The zero-order chi connectivity index (χ0) is 30.6. The number of alkyl carbamates (subject to hydrolysis) is 1. The number of benzene rings is 1. The van der Waals surface area contributed by atoms with Crippen molar-refractivity contribution in [1.29, 1.82) is 0 Å². The summed E-state index contributed by atoms with van der Waals surface area (Å²) < 4.78 is 129. The molecule has 0 saturated carbocycles. The van der Waals surface area contributed by atoms with Crippen LogP contribution in [0, 0.1) is 0 Å². The number of nitrogens with one attached hydrogen (secondary N) is 2. The summed E-state index contributed by atoms with van der Waals surface area (Å²) in [6, 6.07) is 0.801. The number of rotatable bonds is 4. The second-order valence-electron chi connectivity index (χ2n) is 9.59. The molecular weight excluding hydrogens is 608 g/mol. The summed E-state index contributed by atoms with van der Waals surface area (Å²) in [7, 11) is 0. The molecule has 18 heteroatoms. The van der Waals surface area contributed by atoms with Crippen molar-refractivity contribution in [3.8, 4) is 0 Å². The zero-order valence-electron chi connectivity index (χ0n) is 20.9. The van der Waals surface area contributed by atoms with Crippen LogP contribution >= 0.6 is 23.2 Å². The molecule has 0 aliphatic carbocycles. The predicted molar refractivity (Wildman–Crippen MR) is 128 cm³/mol. The molecule has 1 amide bonds. The van der Waals surface area contributed by atoms with Crippen LogP contribution in [0.3, 0.4) is 0 Å². The smallest absolute Gasteiger partial charge is 0.444 e. The number of carbonyl (C=O) groups is 1. The Morgan fingerprint density at radius 2 is 1.55 bits per heavy atom. The van der Waals surface area contributed by atoms with Crippen LogP contribution in [0.2, 0.25) is 10.0 Å². The van der Waals surface area contributed by atoms with Crippen LogP contribution in [0.15, 0.2) is 33.5 Å². The van der Waals surface area contributed by atoms with Gasteiger partial charge in [-0.2, -0.15) is 44.9 Å². The summed E-state index contributed by atoms with van der Waals surface area (Å²) >= 11 is 12.2. The fraction of sp³-hybridized carbons (Fsp3) is 0.500. The van der Waals surface area contributed by atoms with E-state index in [1.807, 2.05) is 5.32 Å². The summed E-state index contributed by atoms with van der Waals surface area (Å²) in [5.41, 5.74) is -6.47. The maximum Gasteiger partial charge on any atom is 0.451 e. The lowest BCUT2D eigenvalue weighted by Crippen LogP contribution is -2.53. The van der Waals surface area contributed by atoms with Gasteiger partial charge in [0.05, 0.1) is 26.9 Å². The number of hydrogen-bond donors (Lipinski definition) is 2. The molecule has 1 atom stereocenters. The molecule has 2 heterocycles. The lowest BCUT2D eigenvalue weighted by molar-refractivity contribution is -0.137. The minimum atomic E-state index is -5.52. The van der Waals surface area contributed by atoms with Crippen molar-refractivity contribution in [1.82, 2.24) is 10.7 Å². The summed E-state index contributed by atoms with van der Waals surface area (Å²) in [5.74, 6) is -3.04. The number of aliphatic imine (C=N–C) groups is 2. The maximum atomic E-state index is 14.3. The highest BCUT2D eigenvalue weighted by atomic mass is 35.5. The molecule has 1 unspecified atom stereocenters. The Balaban J connectivity index is 2.39. The first-order valence-corrected chi connectivity index (χ1v) is 12.0. The van der Waals surface area contributed by atoms with E-state index in [9.17, 15) is 44.3 Å². The molecule has 0 spiro atoms. The number of hydrogen-bond acceptors (Lipinski definition) is 6. The molecule has 1 aromatic rings. The minimum absolute atomic E-state index is 0.0572. The van der Waals surface area contributed by atoms with E-state index < -0.39 is 86.5 Å². The van der Waals surface area contributed by atoms with E-state index in [1.165, 1.54) is 27.7 Å². The van der Waals surface area contributed by atoms with E-state index in [-0.39, 0.29) is 6.42 Å². The Morgan fingerprint density at radius 3 is 1.98 bits per heavy atom. The number of hydrazine groups is 1. The van der Waals surface area contributed by atoms with E-state index in [4.69, 9.17) is 27.9 Å². The van der Waals surface area contributed by atoms with Crippen LogP contribution in [0.1, 0.15) is 46.1 Å². The number of anilines is 1. The Bertz CT molecular complexity index is 1270. The minimum Gasteiger partial charge on any atom is -0.444 e. The number of fused-ring (bicyclic) bond motifs is 1. The van der Waals surface area contributed by atoms with Crippen molar-refractivity contribution >= 4 is 46.5 Å². The molecule has 0 radical (unpaired) electrons. The molecule has 2 aliphatic rings. The van der Waals surface area contributed by atoms with Gasteiger partial charge in [0, 0.05) is 0 Å². The van der Waals surface area contributed by atoms with Gasteiger partial charge in [0.25, 0.3) is 0 Å². The van der Waals surface area contributed by atoms with Crippen molar-refractivity contribution in [2.45, 2.75) is 70.3 Å². The van der Waals surface area contributed by atoms with Gasteiger partial charge >= 0.3 is 24.6 Å². The molecular formula is C22H20Cl2F9N5O2. The van der Waals surface area contributed by atoms with Gasteiger partial charge in [0.15, 0.2) is 11.4 Å². The Kier molecular flexibility index (Phi) is 8.17. The SMILES string of the molecule is CCCC12N=C(C(F)(F)F)N=C(C(F)(F)F)C1=C(NC(=O)OC(C)(C)C)N(c1c(Cl)cc(C(F)(F)F)cc1Cl)N2. The van der Waals surface area contributed by atoms with Crippen LogP contribution < -0.4 is 15.8 Å². The quantitative estimate of drug-likeness (QED) is 0.338. The van der Waals surface area contributed by atoms with E-state index in [0.717, 1.165) is 0 Å². The fourth-order valence-corrected chi connectivity index (χ4v) is 4.58. The van der Waals surface area contributed by atoms with Crippen LogP contribution in [0.4, 0.5) is 50.0 Å². The van der Waals surface area contributed by atoms with Gasteiger partial charge in [0.2, 0.25) is 5.84 Å². The lowest BCUT2D eigenvalue weighted by Gasteiger charge is -2.34. The van der Waals surface area contributed by atoms with E-state index >= 15 is 0 Å². The van der Waals surface area contributed by atoms with E-state index in [1.54, 1.807) is 0 Å². The number of amides is 1. The third-order valence-corrected chi connectivity index (χ3v) is 5.82. The summed E-state index contributed by atoms with van der Waals surface area (Å²) in [4.78, 5) is 18.9. The first kappa shape index (κ1) is 31.8. The summed E-state index contributed by atoms with van der Waals surface area (Å²) in [6.45, 7) is 5.69. The number of nitrogens with zero attached hydrogens (tertiary/aromatic N) is 3. The Hall–Kier alpha value is -2.72. The highest BCUT2D eigenvalue weighted by molar-refractivity contribution is 6.39. The van der Waals surface area contributed by atoms with Gasteiger partial charge in [-0.15, -0.1) is 0 Å². The second kappa shape index (κ2) is 10.3. The third-order valence-electron chi connectivity index (χ3n) is 5.24. The van der Waals surface area contributed by atoms with Gasteiger partial charge < -0.3 is 4.74 Å². The molecule has 222 valence electrons. The van der Waals surface area contributed by atoms with Crippen LogP contribution in [0.25, 0.3) is 0 Å².